The van der Waals surface area contributed by atoms with E-state index in [9.17, 15) is 0 Å². The standard InChI is InChI=1S/3C10H7.Sn/c3*1-2-6-10-8-4-3-7-9(10)5-1;/h3*1-7H;/q;;;+1. The summed E-state index contributed by atoms with van der Waals surface area (Å²) in [5.74, 6) is 0. The Kier molecular flexibility index (Phi) is 4.73. The number of rotatable bonds is 3. The quantitative estimate of drug-likeness (QED) is 0.275. The Labute approximate surface area is 189 Å². The van der Waals surface area contributed by atoms with Crippen LogP contribution >= 0.6 is 0 Å². The number of fused-ring (bicyclic) bond motifs is 3. The van der Waals surface area contributed by atoms with Crippen LogP contribution in [0, 0.1) is 0 Å². The van der Waals surface area contributed by atoms with Gasteiger partial charge in [-0.15, -0.1) is 0 Å². The summed E-state index contributed by atoms with van der Waals surface area (Å²) in [6.07, 6.45) is 0. The van der Waals surface area contributed by atoms with Gasteiger partial charge in [0.2, 0.25) is 0 Å². The zero-order chi connectivity index (χ0) is 20.6. The first-order valence-electron chi connectivity index (χ1n) is 10.7. The van der Waals surface area contributed by atoms with Crippen LogP contribution < -0.4 is 10.7 Å². The van der Waals surface area contributed by atoms with Crippen molar-refractivity contribution in [2.45, 2.75) is 0 Å². The molecule has 144 valence electrons. The third kappa shape index (κ3) is 3.23. The maximum absolute atomic E-state index is 2.55. The Bertz CT molecular complexity index is 1340. The van der Waals surface area contributed by atoms with Crippen LogP contribution in [0.3, 0.4) is 0 Å². The molecule has 0 atom stereocenters. The molecule has 0 saturated carbocycles. The third-order valence-corrected chi connectivity index (χ3v) is 14.5. The van der Waals surface area contributed by atoms with Crippen molar-refractivity contribution >= 4 is 62.8 Å². The van der Waals surface area contributed by atoms with E-state index in [0.29, 0.717) is 0 Å². The molecule has 0 aliphatic carbocycles. The van der Waals surface area contributed by atoms with E-state index in [1.165, 1.54) is 32.3 Å². The van der Waals surface area contributed by atoms with E-state index in [-0.39, 0.29) is 0 Å². The molecular weight excluding hydrogens is 479 g/mol. The minimum absolute atomic E-state index is 1.33. The molecule has 6 aromatic rings. The fourth-order valence-corrected chi connectivity index (χ4v) is 13.8. The predicted molar refractivity (Wildman–Crippen MR) is 136 cm³/mol. The van der Waals surface area contributed by atoms with Crippen LogP contribution in [0.25, 0.3) is 32.3 Å². The summed E-state index contributed by atoms with van der Waals surface area (Å²) in [6, 6.07) is 47.2. The summed E-state index contributed by atoms with van der Waals surface area (Å²) < 4.78 is 4.65. The molecule has 0 nitrogen and oxygen atoms in total. The van der Waals surface area contributed by atoms with E-state index in [1.54, 1.807) is 10.7 Å². The van der Waals surface area contributed by atoms with Crippen LogP contribution in [0.5, 0.6) is 0 Å². The van der Waals surface area contributed by atoms with Gasteiger partial charge in [-0.25, -0.2) is 0 Å². The second-order valence-corrected chi connectivity index (χ2v) is 14.7. The summed E-state index contributed by atoms with van der Waals surface area (Å²) in [7, 11) is 0. The Morgan fingerprint density at radius 2 is 0.581 bits per heavy atom. The molecule has 0 saturated heterocycles. The average molecular weight is 500 g/mol. The van der Waals surface area contributed by atoms with Crippen LogP contribution in [0.15, 0.2) is 127 Å². The van der Waals surface area contributed by atoms with E-state index < -0.39 is 19.8 Å². The van der Waals surface area contributed by atoms with Crippen molar-refractivity contribution in [3.05, 3.63) is 127 Å². The van der Waals surface area contributed by atoms with E-state index >= 15 is 0 Å². The van der Waals surface area contributed by atoms with Crippen molar-refractivity contribution in [2.24, 2.45) is 0 Å². The van der Waals surface area contributed by atoms with Gasteiger partial charge in [-0.1, -0.05) is 0 Å². The molecule has 0 aliphatic heterocycles. The minimum atomic E-state index is -2.55. The van der Waals surface area contributed by atoms with Gasteiger partial charge < -0.3 is 0 Å². The third-order valence-electron chi connectivity index (χ3n) is 6.18. The van der Waals surface area contributed by atoms with Crippen LogP contribution in [0.4, 0.5) is 0 Å². The Balaban J connectivity index is 1.75. The molecule has 0 heterocycles. The van der Waals surface area contributed by atoms with Gasteiger partial charge in [-0.2, -0.15) is 0 Å². The normalized spacial score (nSPS) is 11.2. The van der Waals surface area contributed by atoms with Crippen LogP contribution in [-0.2, 0) is 0 Å². The fraction of sp³-hybridized carbons (Fsp3) is 0. The van der Waals surface area contributed by atoms with Crippen molar-refractivity contribution in [3.63, 3.8) is 0 Å². The van der Waals surface area contributed by atoms with Gasteiger partial charge in [-0.05, 0) is 0 Å². The van der Waals surface area contributed by atoms with Crippen LogP contribution in [0.1, 0.15) is 0 Å². The molecule has 31 heavy (non-hydrogen) atoms. The molecule has 0 amide bonds. The second kappa shape index (κ2) is 7.86. The summed E-state index contributed by atoms with van der Waals surface area (Å²) in [4.78, 5) is 0. The number of benzene rings is 6. The first kappa shape index (κ1) is 18.7. The molecule has 6 rings (SSSR count). The molecule has 0 aromatic heterocycles. The fourth-order valence-electron chi connectivity index (χ4n) is 4.77. The molecule has 0 N–H and O–H groups in total. The number of hydrogen-bond donors (Lipinski definition) is 0. The molecule has 0 aliphatic rings. The van der Waals surface area contributed by atoms with Gasteiger partial charge in [0.15, 0.2) is 0 Å². The molecular formula is C30H21Sn+. The van der Waals surface area contributed by atoms with Crippen molar-refractivity contribution in [1.82, 2.24) is 0 Å². The Hall–Kier alpha value is -3.10. The molecule has 1 heteroatoms. The van der Waals surface area contributed by atoms with E-state index in [4.69, 9.17) is 0 Å². The zero-order valence-corrected chi connectivity index (χ0v) is 20.0. The summed E-state index contributed by atoms with van der Waals surface area (Å²) in [5.41, 5.74) is 0. The molecule has 0 unspecified atom stereocenters. The van der Waals surface area contributed by atoms with Crippen molar-refractivity contribution in [3.8, 4) is 0 Å². The summed E-state index contributed by atoms with van der Waals surface area (Å²) in [6.45, 7) is 0. The van der Waals surface area contributed by atoms with Gasteiger partial charge in [0.05, 0.1) is 0 Å². The number of hydrogen-bond acceptors (Lipinski definition) is 0. The second-order valence-electron chi connectivity index (χ2n) is 7.96. The molecule has 0 bridgehead atoms. The monoisotopic (exact) mass is 501 g/mol. The van der Waals surface area contributed by atoms with E-state index in [2.05, 4.69) is 127 Å². The van der Waals surface area contributed by atoms with E-state index in [1.807, 2.05) is 0 Å². The van der Waals surface area contributed by atoms with Gasteiger partial charge in [0.1, 0.15) is 0 Å². The molecule has 0 fully saturated rings. The van der Waals surface area contributed by atoms with Crippen molar-refractivity contribution in [1.29, 1.82) is 0 Å². The predicted octanol–water partition coefficient (Wildman–Crippen LogP) is 5.66. The summed E-state index contributed by atoms with van der Waals surface area (Å²) in [5, 5.41) is 8.21. The summed E-state index contributed by atoms with van der Waals surface area (Å²) >= 11 is -2.55. The molecule has 0 radical (unpaired) electrons. The average Bonchev–Trinajstić information content (AvgIpc) is 2.85. The SMILES string of the molecule is c1ccc2[c]([Sn+]([c]3cccc4ccccc34)[c]3cccc4ccccc34)cccc2c1. The van der Waals surface area contributed by atoms with Gasteiger partial charge in [0, 0.05) is 0 Å². The van der Waals surface area contributed by atoms with Gasteiger partial charge in [0.25, 0.3) is 0 Å². The zero-order valence-electron chi connectivity index (χ0n) is 17.1. The van der Waals surface area contributed by atoms with Crippen LogP contribution in [-0.4, -0.2) is 19.8 Å². The Morgan fingerprint density at radius 3 is 0.935 bits per heavy atom. The first-order chi connectivity index (χ1) is 15.4. The van der Waals surface area contributed by atoms with Crippen LogP contribution in [0.2, 0.25) is 0 Å². The maximum atomic E-state index is 2.39. The topological polar surface area (TPSA) is 0 Å². The molecule has 6 aromatic carbocycles. The van der Waals surface area contributed by atoms with Gasteiger partial charge in [-0.3, -0.25) is 0 Å². The first-order valence-corrected chi connectivity index (χ1v) is 15.0. The van der Waals surface area contributed by atoms with Crippen molar-refractivity contribution < 1.29 is 0 Å². The van der Waals surface area contributed by atoms with Gasteiger partial charge >= 0.3 is 190 Å². The van der Waals surface area contributed by atoms with E-state index in [0.717, 1.165) is 0 Å². The molecule has 0 spiro atoms. The Morgan fingerprint density at radius 1 is 0.290 bits per heavy atom. The van der Waals surface area contributed by atoms with Crippen molar-refractivity contribution in [2.75, 3.05) is 0 Å².